The third kappa shape index (κ3) is 9.63. The van der Waals surface area contributed by atoms with Crippen LogP contribution in [0.2, 0.25) is 0 Å². The lowest BCUT2D eigenvalue weighted by Gasteiger charge is -2.27. The maximum Gasteiger partial charge on any atom is 0.0546 e. The van der Waals surface area contributed by atoms with E-state index in [0.29, 0.717) is 0 Å². The van der Waals surface area contributed by atoms with Gasteiger partial charge < -0.3 is 4.90 Å². The third-order valence-electron chi connectivity index (χ3n) is 10.4. The quantitative estimate of drug-likeness (QED) is 0.158. The molecule has 0 aliphatic heterocycles. The maximum atomic E-state index is 2.37. The molecule has 9 rings (SSSR count). The molecule has 0 atom stereocenters. The van der Waals surface area contributed by atoms with Crippen molar-refractivity contribution < 1.29 is 0 Å². The van der Waals surface area contributed by atoms with E-state index in [4.69, 9.17) is 0 Å². The molecule has 9 aromatic carbocycles. The summed E-state index contributed by atoms with van der Waals surface area (Å²) in [6.45, 7) is 14.6. The van der Waals surface area contributed by atoms with Gasteiger partial charge in [-0.25, -0.2) is 0 Å². The summed E-state index contributed by atoms with van der Waals surface area (Å²) in [5.74, 6) is 0. The summed E-state index contributed by atoms with van der Waals surface area (Å²) in [6, 6.07) is 69.0. The molecule has 0 radical (unpaired) electrons. The van der Waals surface area contributed by atoms with Crippen LogP contribution in [0.4, 0.5) is 17.1 Å². The lowest BCUT2D eigenvalue weighted by Crippen LogP contribution is -2.10. The minimum absolute atomic E-state index is 1.14. The van der Waals surface area contributed by atoms with Gasteiger partial charge in [0.05, 0.1) is 5.69 Å². The second-order valence-corrected chi connectivity index (χ2v) is 14.4. The van der Waals surface area contributed by atoms with Gasteiger partial charge in [-0.1, -0.05) is 201 Å². The molecule has 0 fully saturated rings. The van der Waals surface area contributed by atoms with E-state index < -0.39 is 0 Å². The molecule has 0 saturated carbocycles. The van der Waals surface area contributed by atoms with Crippen molar-refractivity contribution in [1.29, 1.82) is 0 Å². The van der Waals surface area contributed by atoms with Crippen LogP contribution < -0.4 is 4.90 Å². The molecule has 1 heteroatoms. The van der Waals surface area contributed by atoms with Gasteiger partial charge >= 0.3 is 0 Å². The number of rotatable bonds is 5. The van der Waals surface area contributed by atoms with Gasteiger partial charge in [0, 0.05) is 16.8 Å². The summed E-state index contributed by atoms with van der Waals surface area (Å²) >= 11 is 0. The summed E-state index contributed by atoms with van der Waals surface area (Å²) in [7, 11) is 0. The van der Waals surface area contributed by atoms with Crippen LogP contribution in [0.5, 0.6) is 0 Å². The first-order chi connectivity index (χ1) is 28.4. The summed E-state index contributed by atoms with van der Waals surface area (Å²) in [6.07, 6.45) is 4.29. The molecular weight excluding hydrogens is 699 g/mol. The zero-order valence-electron chi connectivity index (χ0n) is 35.1. The molecule has 0 saturated heterocycles. The van der Waals surface area contributed by atoms with E-state index in [9.17, 15) is 0 Å². The molecule has 0 bridgehead atoms. The first-order valence-corrected chi connectivity index (χ1v) is 20.5. The van der Waals surface area contributed by atoms with Crippen LogP contribution in [0.25, 0.3) is 49.5 Å². The Morgan fingerprint density at radius 1 is 0.397 bits per heavy atom. The number of aryl methyl sites for hydroxylation is 4. The predicted octanol–water partition coefficient (Wildman–Crippen LogP) is 16.9. The molecule has 0 spiro atoms. The topological polar surface area (TPSA) is 3.24 Å². The van der Waals surface area contributed by atoms with Gasteiger partial charge in [0.1, 0.15) is 0 Å². The highest BCUT2D eigenvalue weighted by atomic mass is 15.1. The molecule has 0 N–H and O–H groups in total. The standard InChI is InChI=1S/C33H25N.C15H16.C7H8.C2H6/c1-24-15-17-25(18-16-24)26-19-21-29(22-20-26)34(28-10-3-2-4-11-28)33-23-27-9-5-6-12-30(27)31-13-7-8-14-32(31)33;1-4-7-14-11(2)10-13-8-5-6-9-15(13)12(14)3;1-7-5-3-2-4-6-7;1-2/h2-23H,1H3;4-10H,1-3H3;2-6H,1H3;1-2H3/b;7-4-;;. The highest BCUT2D eigenvalue weighted by Crippen LogP contribution is 2.42. The lowest BCUT2D eigenvalue weighted by atomic mass is 9.95. The summed E-state index contributed by atoms with van der Waals surface area (Å²) in [5, 5.41) is 7.73. The Balaban J connectivity index is 0.000000194. The SMILES string of the molecule is C/C=C\c1c(C)cc2ccccc2c1C.CC.Cc1ccc(-c2ccc(N(c3ccccc3)c3cc4ccccc4c4ccccc34)cc2)cc1.Cc1ccccc1. The van der Waals surface area contributed by atoms with Crippen LogP contribution in [0.1, 0.15) is 48.6 Å². The van der Waals surface area contributed by atoms with E-state index in [1.54, 1.807) is 0 Å². The van der Waals surface area contributed by atoms with Gasteiger partial charge in [-0.2, -0.15) is 0 Å². The Hall–Kier alpha value is -6.70. The minimum Gasteiger partial charge on any atom is -0.310 e. The Kier molecular flexibility index (Phi) is 14.1. The van der Waals surface area contributed by atoms with Crippen molar-refractivity contribution in [3.05, 3.63) is 228 Å². The van der Waals surface area contributed by atoms with E-state index in [1.807, 2.05) is 32.0 Å². The fourth-order valence-corrected chi connectivity index (χ4v) is 7.45. The van der Waals surface area contributed by atoms with Crippen LogP contribution in [-0.2, 0) is 0 Å². The summed E-state index contributed by atoms with van der Waals surface area (Å²) in [5.41, 5.74) is 12.6. The third-order valence-corrected chi connectivity index (χ3v) is 10.4. The Morgan fingerprint density at radius 2 is 0.845 bits per heavy atom. The smallest absolute Gasteiger partial charge is 0.0546 e. The van der Waals surface area contributed by atoms with E-state index in [2.05, 4.69) is 228 Å². The van der Waals surface area contributed by atoms with Crippen molar-refractivity contribution in [2.75, 3.05) is 4.90 Å². The van der Waals surface area contributed by atoms with Crippen LogP contribution in [0, 0.1) is 27.7 Å². The first-order valence-electron chi connectivity index (χ1n) is 20.5. The lowest BCUT2D eigenvalue weighted by molar-refractivity contribution is 1.30. The van der Waals surface area contributed by atoms with Crippen LogP contribution >= 0.6 is 0 Å². The molecule has 58 heavy (non-hydrogen) atoms. The number of benzene rings is 9. The van der Waals surface area contributed by atoms with Gasteiger partial charge in [-0.05, 0) is 120 Å². The molecule has 9 aromatic rings. The van der Waals surface area contributed by atoms with E-state index in [1.165, 1.54) is 76.9 Å². The molecule has 0 unspecified atom stereocenters. The monoisotopic (exact) mass is 753 g/mol. The fourth-order valence-electron chi connectivity index (χ4n) is 7.45. The van der Waals surface area contributed by atoms with Gasteiger partial charge in [0.15, 0.2) is 0 Å². The predicted molar refractivity (Wildman–Crippen MR) is 257 cm³/mol. The summed E-state index contributed by atoms with van der Waals surface area (Å²) < 4.78 is 0. The molecule has 0 amide bonds. The van der Waals surface area contributed by atoms with Gasteiger partial charge in [0.2, 0.25) is 0 Å². The number of anilines is 3. The van der Waals surface area contributed by atoms with Crippen molar-refractivity contribution in [3.8, 4) is 11.1 Å². The summed E-state index contributed by atoms with van der Waals surface area (Å²) in [4.78, 5) is 2.37. The Morgan fingerprint density at radius 3 is 1.41 bits per heavy atom. The molecule has 288 valence electrons. The van der Waals surface area contributed by atoms with Gasteiger partial charge in [0.25, 0.3) is 0 Å². The van der Waals surface area contributed by atoms with Crippen molar-refractivity contribution >= 4 is 55.5 Å². The van der Waals surface area contributed by atoms with Crippen LogP contribution in [0.15, 0.2) is 200 Å². The van der Waals surface area contributed by atoms with E-state index >= 15 is 0 Å². The van der Waals surface area contributed by atoms with Gasteiger partial charge in [-0.15, -0.1) is 0 Å². The van der Waals surface area contributed by atoms with Crippen molar-refractivity contribution in [1.82, 2.24) is 0 Å². The van der Waals surface area contributed by atoms with Crippen molar-refractivity contribution in [2.45, 2.75) is 48.5 Å². The highest BCUT2D eigenvalue weighted by molar-refractivity contribution is 6.14. The fraction of sp³-hybridized carbons (Fsp3) is 0.123. The molecular formula is C57H55N. The second-order valence-electron chi connectivity index (χ2n) is 14.4. The van der Waals surface area contributed by atoms with E-state index in [0.717, 1.165) is 11.4 Å². The average Bonchev–Trinajstić information content (AvgIpc) is 3.28. The number of hydrogen-bond donors (Lipinski definition) is 0. The number of allylic oxidation sites excluding steroid dienone is 1. The number of hydrogen-bond acceptors (Lipinski definition) is 1. The normalized spacial score (nSPS) is 10.6. The molecule has 1 nitrogen and oxygen atoms in total. The van der Waals surface area contributed by atoms with E-state index in [-0.39, 0.29) is 0 Å². The second kappa shape index (κ2) is 19.9. The zero-order chi connectivity index (χ0) is 40.9. The molecule has 0 heterocycles. The molecule has 0 aliphatic carbocycles. The van der Waals surface area contributed by atoms with Crippen molar-refractivity contribution in [3.63, 3.8) is 0 Å². The van der Waals surface area contributed by atoms with Crippen LogP contribution in [0.3, 0.4) is 0 Å². The average molecular weight is 754 g/mol. The zero-order valence-corrected chi connectivity index (χ0v) is 35.1. The van der Waals surface area contributed by atoms with Crippen LogP contribution in [-0.4, -0.2) is 0 Å². The highest BCUT2D eigenvalue weighted by Gasteiger charge is 2.17. The number of para-hydroxylation sites is 1. The molecule has 0 aromatic heterocycles. The largest absolute Gasteiger partial charge is 0.310 e. The minimum atomic E-state index is 1.14. The van der Waals surface area contributed by atoms with Crippen molar-refractivity contribution in [2.24, 2.45) is 0 Å². The van der Waals surface area contributed by atoms with Gasteiger partial charge in [-0.3, -0.25) is 0 Å². The Bertz CT molecular complexity index is 2710. The Labute approximate surface area is 346 Å². The first kappa shape index (κ1) is 40.9. The number of nitrogens with zero attached hydrogens (tertiary/aromatic N) is 1. The maximum absolute atomic E-state index is 2.37. The number of fused-ring (bicyclic) bond motifs is 4. The molecule has 0 aliphatic rings.